The van der Waals surface area contributed by atoms with E-state index in [0.29, 0.717) is 0 Å². The fraction of sp³-hybridized carbons (Fsp3) is 0.562. The van der Waals surface area contributed by atoms with Crippen LogP contribution in [0.5, 0.6) is 5.75 Å². The van der Waals surface area contributed by atoms with Crippen LogP contribution in [-0.4, -0.2) is 42.2 Å². The van der Waals surface area contributed by atoms with E-state index in [2.05, 4.69) is 17.9 Å². The van der Waals surface area contributed by atoms with Crippen LogP contribution in [0.4, 0.5) is 0 Å². The molecule has 1 rings (SSSR count). The molecule has 0 bridgehead atoms. The summed E-state index contributed by atoms with van der Waals surface area (Å²) in [6.45, 7) is 5.81. The highest BCUT2D eigenvalue weighted by atomic mass is 16.5. The average molecular weight is 279 g/mol. The number of aliphatic carboxylic acids is 1. The van der Waals surface area contributed by atoms with Gasteiger partial charge in [0.25, 0.3) is 0 Å². The maximum Gasteiger partial charge on any atom is 0.307 e. The second-order valence-corrected chi connectivity index (χ2v) is 5.40. The summed E-state index contributed by atoms with van der Waals surface area (Å²) in [5, 5.41) is 9.11. The highest BCUT2D eigenvalue weighted by Gasteiger charge is 2.26. The second-order valence-electron chi connectivity index (χ2n) is 5.40. The Hall–Kier alpha value is -1.55. The van der Waals surface area contributed by atoms with E-state index in [4.69, 9.17) is 9.84 Å². The zero-order valence-electron chi connectivity index (χ0n) is 13.0. The predicted molar refractivity (Wildman–Crippen MR) is 80.2 cm³/mol. The van der Waals surface area contributed by atoms with Crippen molar-refractivity contribution in [1.29, 1.82) is 0 Å². The summed E-state index contributed by atoms with van der Waals surface area (Å²) in [5.74, 6) is -0.263. The van der Waals surface area contributed by atoms with E-state index >= 15 is 0 Å². The molecular formula is C16H25NO3. The van der Waals surface area contributed by atoms with Crippen molar-refractivity contribution >= 4 is 5.97 Å². The first-order valence-electron chi connectivity index (χ1n) is 6.95. The normalized spacial score (nSPS) is 15.7. The van der Waals surface area contributed by atoms with Gasteiger partial charge in [0.05, 0.1) is 13.0 Å². The van der Waals surface area contributed by atoms with Crippen LogP contribution in [0, 0.1) is 5.92 Å². The van der Waals surface area contributed by atoms with E-state index in [1.165, 1.54) is 0 Å². The lowest BCUT2D eigenvalue weighted by molar-refractivity contribution is -0.143. The highest BCUT2D eigenvalue weighted by molar-refractivity contribution is 5.70. The van der Waals surface area contributed by atoms with Gasteiger partial charge in [0.1, 0.15) is 5.75 Å². The van der Waals surface area contributed by atoms with Gasteiger partial charge in [0.2, 0.25) is 0 Å². The zero-order chi connectivity index (χ0) is 15.3. The molecule has 0 heterocycles. The van der Waals surface area contributed by atoms with Crippen LogP contribution in [0.2, 0.25) is 0 Å². The average Bonchev–Trinajstić information content (AvgIpc) is 2.45. The van der Waals surface area contributed by atoms with E-state index in [0.717, 1.165) is 17.7 Å². The number of carboxylic acids is 1. The first-order valence-corrected chi connectivity index (χ1v) is 6.95. The molecule has 0 spiro atoms. The molecule has 1 aromatic rings. The fourth-order valence-corrected chi connectivity index (χ4v) is 2.29. The molecule has 3 unspecified atom stereocenters. The summed E-state index contributed by atoms with van der Waals surface area (Å²) in [6.07, 6.45) is 0.831. The summed E-state index contributed by atoms with van der Waals surface area (Å²) in [4.78, 5) is 13.2. The third-order valence-electron chi connectivity index (χ3n) is 4.16. The number of methoxy groups -OCH3 is 1. The van der Waals surface area contributed by atoms with Crippen molar-refractivity contribution in [3.63, 3.8) is 0 Å². The molecule has 0 saturated heterocycles. The third-order valence-corrected chi connectivity index (χ3v) is 4.16. The number of likely N-dealkylation sites (N-methyl/N-ethyl adjacent to an activating group) is 1. The van der Waals surface area contributed by atoms with Crippen molar-refractivity contribution in [2.75, 3.05) is 14.2 Å². The molecule has 0 aromatic heterocycles. The van der Waals surface area contributed by atoms with Gasteiger partial charge < -0.3 is 9.84 Å². The molecule has 0 fully saturated rings. The summed E-state index contributed by atoms with van der Waals surface area (Å²) >= 11 is 0. The SMILES string of the molecule is COc1ccccc1CC(C)N(C)C(C)C(C)C(=O)O. The van der Waals surface area contributed by atoms with E-state index < -0.39 is 5.97 Å². The Bertz CT molecular complexity index is 447. The van der Waals surface area contributed by atoms with Gasteiger partial charge in [-0.3, -0.25) is 9.69 Å². The van der Waals surface area contributed by atoms with Crippen molar-refractivity contribution < 1.29 is 14.6 Å². The molecule has 4 heteroatoms. The maximum atomic E-state index is 11.1. The molecule has 3 atom stereocenters. The van der Waals surface area contributed by atoms with Crippen molar-refractivity contribution in [1.82, 2.24) is 4.90 Å². The minimum absolute atomic E-state index is 0.0165. The Balaban J connectivity index is 2.75. The minimum atomic E-state index is -0.756. The molecule has 0 aliphatic heterocycles. The largest absolute Gasteiger partial charge is 0.496 e. The molecule has 4 nitrogen and oxygen atoms in total. The number of hydrogen-bond acceptors (Lipinski definition) is 3. The van der Waals surface area contributed by atoms with Crippen LogP contribution in [0.3, 0.4) is 0 Å². The lowest BCUT2D eigenvalue weighted by atomic mass is 9.98. The number of para-hydroxylation sites is 1. The molecule has 0 saturated carbocycles. The van der Waals surface area contributed by atoms with Crippen LogP contribution in [0.15, 0.2) is 24.3 Å². The van der Waals surface area contributed by atoms with Crippen LogP contribution in [-0.2, 0) is 11.2 Å². The number of carboxylic acid groups (broad SMARTS) is 1. The molecule has 0 radical (unpaired) electrons. The van der Waals surface area contributed by atoms with Gasteiger partial charge >= 0.3 is 5.97 Å². The number of hydrogen-bond donors (Lipinski definition) is 1. The Morgan fingerprint density at radius 3 is 2.45 bits per heavy atom. The Labute approximate surface area is 121 Å². The topological polar surface area (TPSA) is 49.8 Å². The summed E-state index contributed by atoms with van der Waals surface area (Å²) < 4.78 is 5.36. The molecular weight excluding hydrogens is 254 g/mol. The molecule has 0 aliphatic carbocycles. The van der Waals surface area contributed by atoms with Crippen LogP contribution < -0.4 is 4.74 Å². The number of rotatable bonds is 7. The molecule has 20 heavy (non-hydrogen) atoms. The minimum Gasteiger partial charge on any atom is -0.496 e. The molecule has 0 amide bonds. The fourth-order valence-electron chi connectivity index (χ4n) is 2.29. The maximum absolute atomic E-state index is 11.1. The van der Waals surface area contributed by atoms with Crippen molar-refractivity contribution in [2.24, 2.45) is 5.92 Å². The Kier molecular flexibility index (Phi) is 6.02. The molecule has 1 aromatic carbocycles. The van der Waals surface area contributed by atoms with Crippen LogP contribution in [0.25, 0.3) is 0 Å². The number of carbonyl (C=O) groups is 1. The van der Waals surface area contributed by atoms with Crippen LogP contribution >= 0.6 is 0 Å². The van der Waals surface area contributed by atoms with E-state index in [1.54, 1.807) is 14.0 Å². The van der Waals surface area contributed by atoms with Gasteiger partial charge in [-0.25, -0.2) is 0 Å². The Morgan fingerprint density at radius 1 is 1.30 bits per heavy atom. The zero-order valence-corrected chi connectivity index (χ0v) is 13.0. The number of ether oxygens (including phenoxy) is 1. The quantitative estimate of drug-likeness (QED) is 0.833. The van der Waals surface area contributed by atoms with E-state index in [-0.39, 0.29) is 18.0 Å². The smallest absolute Gasteiger partial charge is 0.307 e. The molecule has 112 valence electrons. The van der Waals surface area contributed by atoms with Gasteiger partial charge in [-0.15, -0.1) is 0 Å². The van der Waals surface area contributed by atoms with Crippen molar-refractivity contribution in [3.8, 4) is 5.75 Å². The van der Waals surface area contributed by atoms with Gasteiger partial charge in [0.15, 0.2) is 0 Å². The monoisotopic (exact) mass is 279 g/mol. The number of benzene rings is 1. The van der Waals surface area contributed by atoms with Crippen molar-refractivity contribution in [3.05, 3.63) is 29.8 Å². The standard InChI is InChI=1S/C16H25NO3/c1-11(17(4)13(3)12(2)16(18)19)10-14-8-6-7-9-15(14)20-5/h6-9,11-13H,10H2,1-5H3,(H,18,19). The van der Waals surface area contributed by atoms with Gasteiger partial charge in [-0.05, 0) is 38.9 Å². The molecule has 0 aliphatic rings. The summed E-state index contributed by atoms with van der Waals surface area (Å²) in [5.41, 5.74) is 1.14. The lowest BCUT2D eigenvalue weighted by Gasteiger charge is -2.33. The first-order chi connectivity index (χ1) is 9.38. The van der Waals surface area contributed by atoms with Gasteiger partial charge in [-0.1, -0.05) is 25.1 Å². The van der Waals surface area contributed by atoms with Gasteiger partial charge in [0, 0.05) is 12.1 Å². The van der Waals surface area contributed by atoms with E-state index in [1.807, 2.05) is 32.2 Å². The highest BCUT2D eigenvalue weighted by Crippen LogP contribution is 2.22. The Morgan fingerprint density at radius 2 is 1.90 bits per heavy atom. The number of nitrogens with zero attached hydrogens (tertiary/aromatic N) is 1. The summed E-state index contributed by atoms with van der Waals surface area (Å²) in [6, 6.07) is 8.17. The van der Waals surface area contributed by atoms with E-state index in [9.17, 15) is 4.79 Å². The second kappa shape index (κ2) is 7.29. The van der Waals surface area contributed by atoms with Crippen molar-refractivity contribution in [2.45, 2.75) is 39.3 Å². The summed E-state index contributed by atoms with van der Waals surface area (Å²) in [7, 11) is 3.65. The van der Waals surface area contributed by atoms with Gasteiger partial charge in [-0.2, -0.15) is 0 Å². The predicted octanol–water partition coefficient (Wildman–Crippen LogP) is 2.67. The lowest BCUT2D eigenvalue weighted by Crippen LogP contribution is -2.43. The molecule has 1 N–H and O–H groups in total. The first kappa shape index (κ1) is 16.5. The van der Waals surface area contributed by atoms with Crippen LogP contribution in [0.1, 0.15) is 26.3 Å². The third kappa shape index (κ3) is 3.97.